The molecule has 0 saturated carbocycles. The molecular weight excluding hydrogens is 314 g/mol. The molecule has 2 aromatic heterocycles. The number of nitrogens with zero attached hydrogens (tertiary/aromatic N) is 2. The van der Waals surface area contributed by atoms with E-state index in [9.17, 15) is 4.79 Å². The molecule has 0 aliphatic carbocycles. The second-order valence-corrected chi connectivity index (χ2v) is 5.35. The molecule has 0 radical (unpaired) electrons. The number of carbonyl (C=O) groups is 1. The van der Waals surface area contributed by atoms with Crippen molar-refractivity contribution in [3.63, 3.8) is 0 Å². The Kier molecular flexibility index (Phi) is 5.62. The number of fused-ring (bicyclic) bond motifs is 1. The molecule has 1 atom stereocenters. The van der Waals surface area contributed by atoms with Gasteiger partial charge in [-0.15, -0.1) is 0 Å². The van der Waals surface area contributed by atoms with Crippen molar-refractivity contribution in [2.24, 2.45) is 5.73 Å². The zero-order valence-electron chi connectivity index (χ0n) is 12.5. The predicted molar refractivity (Wildman–Crippen MR) is 90.6 cm³/mol. The van der Waals surface area contributed by atoms with Crippen LogP contribution in [0, 0.1) is 0 Å². The minimum absolute atomic E-state index is 0.0544. The van der Waals surface area contributed by atoms with E-state index >= 15 is 0 Å². The van der Waals surface area contributed by atoms with E-state index in [2.05, 4.69) is 9.97 Å². The van der Waals surface area contributed by atoms with Crippen LogP contribution in [0.4, 0.5) is 0 Å². The van der Waals surface area contributed by atoms with Gasteiger partial charge in [-0.05, 0) is 42.8 Å². The number of hydrogen-bond donors (Lipinski definition) is 2. The molecule has 0 bridgehead atoms. The lowest BCUT2D eigenvalue weighted by atomic mass is 10.1. The second-order valence-electron chi connectivity index (χ2n) is 4.91. The van der Waals surface area contributed by atoms with E-state index in [1.807, 2.05) is 31.2 Å². The summed E-state index contributed by atoms with van der Waals surface area (Å²) >= 11 is 5.68. The van der Waals surface area contributed by atoms with Gasteiger partial charge in [-0.2, -0.15) is 0 Å². The van der Waals surface area contributed by atoms with Crippen LogP contribution in [-0.4, -0.2) is 21.0 Å². The minimum atomic E-state index is -1.02. The summed E-state index contributed by atoms with van der Waals surface area (Å²) in [5.74, 6) is -1.02. The SMILES string of the molecule is CC(N)c1ccc(Cl)cc1.O=C(O)c1ccc2cnccc2n1. The molecule has 6 heteroatoms. The van der Waals surface area contributed by atoms with Gasteiger partial charge in [-0.1, -0.05) is 23.7 Å². The molecule has 0 saturated heterocycles. The normalized spacial score (nSPS) is 11.4. The summed E-state index contributed by atoms with van der Waals surface area (Å²) in [6.07, 6.45) is 3.23. The molecular formula is C17H16ClN3O2. The molecule has 23 heavy (non-hydrogen) atoms. The van der Waals surface area contributed by atoms with Crippen LogP contribution < -0.4 is 5.73 Å². The third-order valence-electron chi connectivity index (χ3n) is 3.10. The van der Waals surface area contributed by atoms with Gasteiger partial charge in [-0.25, -0.2) is 9.78 Å². The van der Waals surface area contributed by atoms with Crippen LogP contribution in [0.25, 0.3) is 10.9 Å². The first-order chi connectivity index (χ1) is 11.0. The molecule has 0 aliphatic heterocycles. The van der Waals surface area contributed by atoms with Crippen molar-refractivity contribution in [3.05, 3.63) is 71.1 Å². The summed E-state index contributed by atoms with van der Waals surface area (Å²) in [6, 6.07) is 12.5. The molecule has 1 unspecified atom stereocenters. The summed E-state index contributed by atoms with van der Waals surface area (Å²) in [4.78, 5) is 18.4. The van der Waals surface area contributed by atoms with Gasteiger partial charge >= 0.3 is 5.97 Å². The van der Waals surface area contributed by atoms with Crippen LogP contribution in [0.5, 0.6) is 0 Å². The van der Waals surface area contributed by atoms with Gasteiger partial charge in [0.1, 0.15) is 5.69 Å². The molecule has 5 nitrogen and oxygen atoms in total. The van der Waals surface area contributed by atoms with Gasteiger partial charge in [-0.3, -0.25) is 4.98 Å². The smallest absolute Gasteiger partial charge is 0.354 e. The number of hydrogen-bond acceptors (Lipinski definition) is 4. The standard InChI is InChI=1S/C9H6N2O2.C8H10ClN/c12-9(13)8-2-1-6-5-10-4-3-7(6)11-8;1-6(10)7-2-4-8(9)5-3-7/h1-5H,(H,12,13);2-6H,10H2,1H3. The topological polar surface area (TPSA) is 89.1 Å². The van der Waals surface area contributed by atoms with Crippen LogP contribution in [-0.2, 0) is 0 Å². The summed E-state index contributed by atoms with van der Waals surface area (Å²) in [7, 11) is 0. The van der Waals surface area contributed by atoms with Crippen molar-refractivity contribution in [1.29, 1.82) is 0 Å². The lowest BCUT2D eigenvalue weighted by Gasteiger charge is -2.03. The zero-order valence-corrected chi connectivity index (χ0v) is 13.2. The largest absolute Gasteiger partial charge is 0.477 e. The van der Waals surface area contributed by atoms with Crippen LogP contribution in [0.1, 0.15) is 29.0 Å². The van der Waals surface area contributed by atoms with Crippen molar-refractivity contribution < 1.29 is 9.90 Å². The molecule has 1 aromatic carbocycles. The van der Waals surface area contributed by atoms with Crippen LogP contribution in [0.3, 0.4) is 0 Å². The highest BCUT2D eigenvalue weighted by molar-refractivity contribution is 6.30. The molecule has 3 aromatic rings. The summed E-state index contributed by atoms with van der Waals surface area (Å²) in [5.41, 5.74) is 7.44. The van der Waals surface area contributed by atoms with Crippen molar-refractivity contribution >= 4 is 28.5 Å². The number of rotatable bonds is 2. The molecule has 0 fully saturated rings. The summed E-state index contributed by atoms with van der Waals surface area (Å²) in [6.45, 7) is 1.95. The fraction of sp³-hybridized carbons (Fsp3) is 0.118. The Labute approximate surface area is 138 Å². The van der Waals surface area contributed by atoms with E-state index in [-0.39, 0.29) is 11.7 Å². The number of carboxylic acids is 1. The lowest BCUT2D eigenvalue weighted by Crippen LogP contribution is -2.03. The maximum absolute atomic E-state index is 10.6. The fourth-order valence-corrected chi connectivity index (χ4v) is 1.98. The maximum atomic E-state index is 10.6. The van der Waals surface area contributed by atoms with E-state index in [1.165, 1.54) is 6.07 Å². The molecule has 3 N–H and O–H groups in total. The molecule has 3 rings (SSSR count). The molecule has 0 spiro atoms. The van der Waals surface area contributed by atoms with Gasteiger partial charge in [0.2, 0.25) is 0 Å². The van der Waals surface area contributed by atoms with Gasteiger partial charge in [0.25, 0.3) is 0 Å². The average molecular weight is 330 g/mol. The Hall–Kier alpha value is -2.50. The monoisotopic (exact) mass is 329 g/mol. The highest BCUT2D eigenvalue weighted by atomic mass is 35.5. The first-order valence-corrected chi connectivity index (χ1v) is 7.30. The van der Waals surface area contributed by atoms with Crippen LogP contribution in [0.15, 0.2) is 54.9 Å². The van der Waals surface area contributed by atoms with E-state index in [1.54, 1.807) is 24.5 Å². The Bertz CT molecular complexity index is 804. The summed E-state index contributed by atoms with van der Waals surface area (Å²) in [5, 5.41) is 10.3. The Morgan fingerprint density at radius 2 is 1.87 bits per heavy atom. The minimum Gasteiger partial charge on any atom is -0.477 e. The lowest BCUT2D eigenvalue weighted by molar-refractivity contribution is 0.0691. The number of nitrogens with two attached hydrogens (primary N) is 1. The van der Waals surface area contributed by atoms with E-state index < -0.39 is 5.97 Å². The van der Waals surface area contributed by atoms with Crippen LogP contribution >= 0.6 is 11.6 Å². The van der Waals surface area contributed by atoms with E-state index in [4.69, 9.17) is 22.4 Å². The molecule has 0 aliphatic rings. The number of carboxylic acid groups (broad SMARTS) is 1. The number of aromatic carboxylic acids is 1. The Balaban J connectivity index is 0.000000174. The van der Waals surface area contributed by atoms with Gasteiger partial charge in [0, 0.05) is 28.8 Å². The van der Waals surface area contributed by atoms with E-state index in [0.717, 1.165) is 16.0 Å². The molecule has 118 valence electrons. The number of aromatic nitrogens is 2. The van der Waals surface area contributed by atoms with Gasteiger partial charge < -0.3 is 10.8 Å². The van der Waals surface area contributed by atoms with Crippen LogP contribution in [0.2, 0.25) is 5.02 Å². The maximum Gasteiger partial charge on any atom is 0.354 e. The Morgan fingerprint density at radius 1 is 1.17 bits per heavy atom. The summed E-state index contributed by atoms with van der Waals surface area (Å²) < 4.78 is 0. The average Bonchev–Trinajstić information content (AvgIpc) is 2.55. The van der Waals surface area contributed by atoms with E-state index in [0.29, 0.717) is 5.52 Å². The first-order valence-electron chi connectivity index (χ1n) is 6.92. The van der Waals surface area contributed by atoms with Gasteiger partial charge in [0.15, 0.2) is 0 Å². The number of pyridine rings is 2. The number of benzene rings is 1. The number of halogens is 1. The highest BCUT2D eigenvalue weighted by Crippen LogP contribution is 2.13. The van der Waals surface area contributed by atoms with Crippen molar-refractivity contribution in [2.75, 3.05) is 0 Å². The fourth-order valence-electron chi connectivity index (χ4n) is 1.85. The Morgan fingerprint density at radius 3 is 2.48 bits per heavy atom. The third kappa shape index (κ3) is 4.74. The van der Waals surface area contributed by atoms with Crippen molar-refractivity contribution in [2.45, 2.75) is 13.0 Å². The third-order valence-corrected chi connectivity index (χ3v) is 3.36. The molecule has 2 heterocycles. The first kappa shape index (κ1) is 16.9. The van der Waals surface area contributed by atoms with Crippen molar-refractivity contribution in [1.82, 2.24) is 9.97 Å². The second kappa shape index (κ2) is 7.67. The predicted octanol–water partition coefficient (Wildman–Crippen LogP) is 3.69. The quantitative estimate of drug-likeness (QED) is 0.748. The van der Waals surface area contributed by atoms with Gasteiger partial charge in [0.05, 0.1) is 5.52 Å². The molecule has 0 amide bonds. The zero-order chi connectivity index (χ0) is 16.8. The van der Waals surface area contributed by atoms with Crippen molar-refractivity contribution in [3.8, 4) is 0 Å². The highest BCUT2D eigenvalue weighted by Gasteiger charge is 2.04.